The highest BCUT2D eigenvalue weighted by atomic mass is 19.1. The number of rotatable bonds is 7. The SMILES string of the molecule is CCCCCC(CCC)c1ccc(F)cc1. The third-order valence-electron chi connectivity index (χ3n) is 3.13. The summed E-state index contributed by atoms with van der Waals surface area (Å²) in [5.41, 5.74) is 1.30. The lowest BCUT2D eigenvalue weighted by Crippen LogP contribution is -1.99. The van der Waals surface area contributed by atoms with Crippen LogP contribution in [-0.4, -0.2) is 0 Å². The lowest BCUT2D eigenvalue weighted by Gasteiger charge is -2.16. The molecule has 0 nitrogen and oxygen atoms in total. The number of hydrogen-bond acceptors (Lipinski definition) is 0. The number of hydrogen-bond donors (Lipinski definition) is 0. The molecule has 0 aliphatic rings. The van der Waals surface area contributed by atoms with Crippen LogP contribution in [0.15, 0.2) is 24.3 Å². The Kier molecular flexibility index (Phi) is 6.14. The van der Waals surface area contributed by atoms with E-state index >= 15 is 0 Å². The number of benzene rings is 1. The fourth-order valence-corrected chi connectivity index (χ4v) is 2.20. The molecule has 1 heteroatoms. The van der Waals surface area contributed by atoms with Crippen LogP contribution in [0.3, 0.4) is 0 Å². The third kappa shape index (κ3) is 4.34. The van der Waals surface area contributed by atoms with Gasteiger partial charge in [0.1, 0.15) is 5.82 Å². The highest BCUT2D eigenvalue weighted by Crippen LogP contribution is 2.27. The predicted molar refractivity (Wildman–Crippen MR) is 68.2 cm³/mol. The van der Waals surface area contributed by atoms with E-state index < -0.39 is 0 Å². The summed E-state index contributed by atoms with van der Waals surface area (Å²) in [6.45, 7) is 4.45. The molecule has 0 amide bonds. The van der Waals surface area contributed by atoms with Crippen molar-refractivity contribution in [1.82, 2.24) is 0 Å². The van der Waals surface area contributed by atoms with E-state index in [9.17, 15) is 4.39 Å². The van der Waals surface area contributed by atoms with Gasteiger partial charge in [-0.15, -0.1) is 0 Å². The van der Waals surface area contributed by atoms with E-state index in [1.165, 1.54) is 44.1 Å². The first kappa shape index (κ1) is 13.2. The lowest BCUT2D eigenvalue weighted by atomic mass is 9.89. The average Bonchev–Trinajstić information content (AvgIpc) is 2.29. The summed E-state index contributed by atoms with van der Waals surface area (Å²) in [5.74, 6) is 0.490. The van der Waals surface area contributed by atoms with Crippen LogP contribution in [0.4, 0.5) is 4.39 Å². The Morgan fingerprint density at radius 3 is 2.19 bits per heavy atom. The van der Waals surface area contributed by atoms with Gasteiger partial charge < -0.3 is 0 Å². The second-order valence-electron chi connectivity index (χ2n) is 4.53. The van der Waals surface area contributed by atoms with Gasteiger partial charge >= 0.3 is 0 Å². The van der Waals surface area contributed by atoms with E-state index in [2.05, 4.69) is 13.8 Å². The molecule has 0 heterocycles. The first-order chi connectivity index (χ1) is 7.77. The van der Waals surface area contributed by atoms with Crippen molar-refractivity contribution >= 4 is 0 Å². The summed E-state index contributed by atoms with van der Waals surface area (Å²) in [7, 11) is 0. The maximum absolute atomic E-state index is 12.8. The first-order valence-corrected chi connectivity index (χ1v) is 6.53. The Hall–Kier alpha value is -0.850. The lowest BCUT2D eigenvalue weighted by molar-refractivity contribution is 0.527. The van der Waals surface area contributed by atoms with Crippen molar-refractivity contribution in [3.8, 4) is 0 Å². The van der Waals surface area contributed by atoms with Crippen molar-refractivity contribution in [2.45, 2.75) is 58.3 Å². The fourth-order valence-electron chi connectivity index (χ4n) is 2.20. The minimum Gasteiger partial charge on any atom is -0.207 e. The van der Waals surface area contributed by atoms with Gasteiger partial charge in [0.2, 0.25) is 0 Å². The van der Waals surface area contributed by atoms with E-state index in [-0.39, 0.29) is 5.82 Å². The highest BCUT2D eigenvalue weighted by molar-refractivity contribution is 5.20. The van der Waals surface area contributed by atoms with Crippen LogP contribution < -0.4 is 0 Å². The number of halogens is 1. The molecule has 0 aliphatic carbocycles. The minimum absolute atomic E-state index is 0.132. The molecule has 0 spiro atoms. The van der Waals surface area contributed by atoms with Gasteiger partial charge in [-0.05, 0) is 36.5 Å². The van der Waals surface area contributed by atoms with Crippen LogP contribution >= 0.6 is 0 Å². The normalized spacial score (nSPS) is 12.7. The van der Waals surface area contributed by atoms with E-state index in [0.29, 0.717) is 5.92 Å². The Balaban J connectivity index is 2.57. The van der Waals surface area contributed by atoms with E-state index in [4.69, 9.17) is 0 Å². The molecule has 0 aromatic heterocycles. The molecule has 0 radical (unpaired) electrons. The van der Waals surface area contributed by atoms with E-state index in [1.54, 1.807) is 12.1 Å². The molecule has 16 heavy (non-hydrogen) atoms. The van der Waals surface area contributed by atoms with Gasteiger partial charge in [-0.25, -0.2) is 4.39 Å². The van der Waals surface area contributed by atoms with Crippen LogP contribution in [-0.2, 0) is 0 Å². The topological polar surface area (TPSA) is 0 Å². The summed E-state index contributed by atoms with van der Waals surface area (Å²) in [4.78, 5) is 0. The summed E-state index contributed by atoms with van der Waals surface area (Å²) >= 11 is 0. The Labute approximate surface area is 98.9 Å². The van der Waals surface area contributed by atoms with Crippen molar-refractivity contribution in [3.05, 3.63) is 35.6 Å². The van der Waals surface area contributed by atoms with Crippen LogP contribution in [0.5, 0.6) is 0 Å². The molecule has 1 aromatic carbocycles. The molecular formula is C15H23F. The summed E-state index contributed by atoms with van der Waals surface area (Å²) in [6, 6.07) is 7.05. The molecule has 1 aromatic rings. The Morgan fingerprint density at radius 2 is 1.62 bits per heavy atom. The largest absolute Gasteiger partial charge is 0.207 e. The molecule has 0 fully saturated rings. The second-order valence-corrected chi connectivity index (χ2v) is 4.53. The maximum Gasteiger partial charge on any atom is 0.123 e. The van der Waals surface area contributed by atoms with E-state index in [0.717, 1.165) is 0 Å². The van der Waals surface area contributed by atoms with Gasteiger partial charge in [0.25, 0.3) is 0 Å². The predicted octanol–water partition coefficient (Wildman–Crippen LogP) is 5.29. The van der Waals surface area contributed by atoms with Crippen molar-refractivity contribution in [3.63, 3.8) is 0 Å². The van der Waals surface area contributed by atoms with Gasteiger partial charge in [0, 0.05) is 0 Å². The molecule has 90 valence electrons. The molecule has 1 unspecified atom stereocenters. The van der Waals surface area contributed by atoms with Crippen LogP contribution in [0.25, 0.3) is 0 Å². The Bertz CT molecular complexity index is 276. The summed E-state index contributed by atoms with van der Waals surface area (Å²) in [6.07, 6.45) is 7.53. The quantitative estimate of drug-likeness (QED) is 0.550. The second kappa shape index (κ2) is 7.43. The summed E-state index contributed by atoms with van der Waals surface area (Å²) < 4.78 is 12.8. The van der Waals surface area contributed by atoms with Crippen LogP contribution in [0.2, 0.25) is 0 Å². The van der Waals surface area contributed by atoms with Crippen molar-refractivity contribution < 1.29 is 4.39 Å². The monoisotopic (exact) mass is 222 g/mol. The van der Waals surface area contributed by atoms with E-state index in [1.807, 2.05) is 12.1 Å². The zero-order valence-electron chi connectivity index (χ0n) is 10.5. The Morgan fingerprint density at radius 1 is 0.938 bits per heavy atom. The van der Waals surface area contributed by atoms with Crippen molar-refractivity contribution in [2.24, 2.45) is 0 Å². The molecule has 0 bridgehead atoms. The maximum atomic E-state index is 12.8. The molecule has 0 saturated heterocycles. The molecule has 0 N–H and O–H groups in total. The van der Waals surface area contributed by atoms with Gasteiger partial charge in [-0.1, -0.05) is 51.7 Å². The van der Waals surface area contributed by atoms with Crippen LogP contribution in [0.1, 0.15) is 63.9 Å². The molecule has 0 aliphatic heterocycles. The smallest absolute Gasteiger partial charge is 0.123 e. The fraction of sp³-hybridized carbons (Fsp3) is 0.600. The molecule has 1 rings (SSSR count). The average molecular weight is 222 g/mol. The zero-order valence-corrected chi connectivity index (χ0v) is 10.5. The molecular weight excluding hydrogens is 199 g/mol. The minimum atomic E-state index is -0.132. The van der Waals surface area contributed by atoms with Crippen molar-refractivity contribution in [1.29, 1.82) is 0 Å². The van der Waals surface area contributed by atoms with Gasteiger partial charge in [-0.3, -0.25) is 0 Å². The standard InChI is InChI=1S/C15H23F/c1-3-5-6-8-13(7-4-2)14-9-11-15(16)12-10-14/h9-13H,3-8H2,1-2H3. The van der Waals surface area contributed by atoms with Gasteiger partial charge in [0.15, 0.2) is 0 Å². The summed E-state index contributed by atoms with van der Waals surface area (Å²) in [5, 5.41) is 0. The highest BCUT2D eigenvalue weighted by Gasteiger charge is 2.10. The van der Waals surface area contributed by atoms with Crippen molar-refractivity contribution in [2.75, 3.05) is 0 Å². The van der Waals surface area contributed by atoms with Gasteiger partial charge in [-0.2, -0.15) is 0 Å². The van der Waals surface area contributed by atoms with Crippen LogP contribution in [0, 0.1) is 5.82 Å². The molecule has 0 saturated carbocycles. The zero-order chi connectivity index (χ0) is 11.8. The van der Waals surface area contributed by atoms with Gasteiger partial charge in [0.05, 0.1) is 0 Å². The number of unbranched alkanes of at least 4 members (excludes halogenated alkanes) is 2. The third-order valence-corrected chi connectivity index (χ3v) is 3.13. The molecule has 1 atom stereocenters. The first-order valence-electron chi connectivity index (χ1n) is 6.53.